The number of piperazine rings is 1. The molecule has 8 heteroatoms. The molecule has 1 aliphatic heterocycles. The zero-order valence-electron chi connectivity index (χ0n) is 16.2. The Balaban J connectivity index is 1.56. The highest BCUT2D eigenvalue weighted by atomic mass is 19.1. The molecule has 0 unspecified atom stereocenters. The fourth-order valence-corrected chi connectivity index (χ4v) is 3.07. The lowest BCUT2D eigenvalue weighted by atomic mass is 10.2. The van der Waals surface area contributed by atoms with Crippen LogP contribution in [-0.2, 0) is 6.54 Å². The van der Waals surface area contributed by atoms with Gasteiger partial charge in [-0.1, -0.05) is 26.0 Å². The number of H-pyrrole nitrogens is 1. The standard InChI is InChI=1S/C20H26FN5O2/c1-14(2)11-22-18(27)17-12-23-20(24-19(17)28)26-9-7-25(8-10-26)13-15-3-5-16(21)6-4-15/h3-6,12,14H,7-11,13H2,1-2H3,(H,22,27)(H,23,24,28). The highest BCUT2D eigenvalue weighted by Crippen LogP contribution is 2.13. The van der Waals surface area contributed by atoms with Crippen LogP contribution in [0.4, 0.5) is 10.3 Å². The summed E-state index contributed by atoms with van der Waals surface area (Å²) in [5, 5.41) is 2.73. The van der Waals surface area contributed by atoms with Crippen molar-refractivity contribution in [3.05, 3.63) is 57.8 Å². The van der Waals surface area contributed by atoms with Gasteiger partial charge in [-0.25, -0.2) is 9.37 Å². The van der Waals surface area contributed by atoms with Gasteiger partial charge in [0, 0.05) is 45.5 Å². The molecule has 28 heavy (non-hydrogen) atoms. The lowest BCUT2D eigenvalue weighted by Gasteiger charge is -2.35. The van der Waals surface area contributed by atoms with Crippen LogP contribution in [0.3, 0.4) is 0 Å². The summed E-state index contributed by atoms with van der Waals surface area (Å²) < 4.78 is 13.0. The van der Waals surface area contributed by atoms with Gasteiger partial charge in [0.15, 0.2) is 0 Å². The zero-order chi connectivity index (χ0) is 20.1. The number of anilines is 1. The minimum atomic E-state index is -0.431. The largest absolute Gasteiger partial charge is 0.352 e. The normalized spacial score (nSPS) is 15.1. The number of carbonyl (C=O) groups excluding carboxylic acids is 1. The van der Waals surface area contributed by atoms with Gasteiger partial charge in [-0.2, -0.15) is 0 Å². The second-order valence-corrected chi connectivity index (χ2v) is 7.44. The van der Waals surface area contributed by atoms with Crippen LogP contribution >= 0.6 is 0 Å². The first kappa shape index (κ1) is 20.0. The molecule has 150 valence electrons. The third-order valence-corrected chi connectivity index (χ3v) is 4.69. The molecule has 2 N–H and O–H groups in total. The van der Waals surface area contributed by atoms with Gasteiger partial charge in [0.25, 0.3) is 11.5 Å². The first-order valence-corrected chi connectivity index (χ1v) is 9.51. The highest BCUT2D eigenvalue weighted by Gasteiger charge is 2.20. The zero-order valence-corrected chi connectivity index (χ0v) is 16.2. The lowest BCUT2D eigenvalue weighted by Crippen LogP contribution is -2.47. The van der Waals surface area contributed by atoms with Crippen LogP contribution in [0, 0.1) is 11.7 Å². The first-order chi connectivity index (χ1) is 13.4. The SMILES string of the molecule is CC(C)CNC(=O)c1cnc(N2CCN(Cc3ccc(F)cc3)CC2)[nH]c1=O. The Hall–Kier alpha value is -2.74. The van der Waals surface area contributed by atoms with Gasteiger partial charge in [-0.3, -0.25) is 19.5 Å². The molecule has 2 heterocycles. The summed E-state index contributed by atoms with van der Waals surface area (Å²) >= 11 is 0. The monoisotopic (exact) mass is 387 g/mol. The molecule has 7 nitrogen and oxygen atoms in total. The van der Waals surface area contributed by atoms with Gasteiger partial charge in [0.1, 0.15) is 11.4 Å². The molecule has 0 spiro atoms. The van der Waals surface area contributed by atoms with Crippen molar-refractivity contribution in [2.75, 3.05) is 37.6 Å². The van der Waals surface area contributed by atoms with Crippen molar-refractivity contribution in [3.8, 4) is 0 Å². The number of aromatic amines is 1. The van der Waals surface area contributed by atoms with Crippen LogP contribution in [0.25, 0.3) is 0 Å². The number of amides is 1. The number of nitrogens with zero attached hydrogens (tertiary/aromatic N) is 3. The molecule has 1 saturated heterocycles. The van der Waals surface area contributed by atoms with Crippen molar-refractivity contribution in [1.29, 1.82) is 0 Å². The molecular formula is C20H26FN5O2. The number of halogens is 1. The maximum atomic E-state index is 13.0. The predicted octanol–water partition coefficient (Wildman–Crippen LogP) is 1.62. The second-order valence-electron chi connectivity index (χ2n) is 7.44. The molecule has 0 atom stereocenters. The summed E-state index contributed by atoms with van der Waals surface area (Å²) in [7, 11) is 0. The number of carbonyl (C=O) groups is 1. The maximum Gasteiger partial charge on any atom is 0.265 e. The smallest absolute Gasteiger partial charge is 0.265 e. The second kappa shape index (κ2) is 8.97. The molecule has 1 aromatic carbocycles. The molecule has 0 saturated carbocycles. The van der Waals surface area contributed by atoms with E-state index in [-0.39, 0.29) is 11.4 Å². The minimum Gasteiger partial charge on any atom is -0.352 e. The van der Waals surface area contributed by atoms with Crippen molar-refractivity contribution in [1.82, 2.24) is 20.2 Å². The number of benzene rings is 1. The fourth-order valence-electron chi connectivity index (χ4n) is 3.07. The Bertz CT molecular complexity index is 858. The van der Waals surface area contributed by atoms with E-state index in [4.69, 9.17) is 0 Å². The number of rotatable bonds is 6. The molecule has 0 radical (unpaired) electrons. The predicted molar refractivity (Wildman–Crippen MR) is 106 cm³/mol. The van der Waals surface area contributed by atoms with Gasteiger partial charge in [0.2, 0.25) is 5.95 Å². The van der Waals surface area contributed by atoms with Crippen molar-refractivity contribution in [2.45, 2.75) is 20.4 Å². The Morgan fingerprint density at radius 2 is 1.89 bits per heavy atom. The van der Waals surface area contributed by atoms with Crippen LogP contribution in [0.2, 0.25) is 0 Å². The van der Waals surface area contributed by atoms with E-state index in [0.29, 0.717) is 31.5 Å². The van der Waals surface area contributed by atoms with E-state index in [9.17, 15) is 14.0 Å². The number of hydrogen-bond donors (Lipinski definition) is 2. The van der Waals surface area contributed by atoms with Crippen LogP contribution < -0.4 is 15.8 Å². The third-order valence-electron chi connectivity index (χ3n) is 4.69. The van der Waals surface area contributed by atoms with Crippen LogP contribution in [0.5, 0.6) is 0 Å². The first-order valence-electron chi connectivity index (χ1n) is 9.51. The van der Waals surface area contributed by atoms with E-state index in [2.05, 4.69) is 20.2 Å². The summed E-state index contributed by atoms with van der Waals surface area (Å²) in [5.41, 5.74) is 0.664. The average Bonchev–Trinajstić information content (AvgIpc) is 2.68. The van der Waals surface area contributed by atoms with Gasteiger partial charge < -0.3 is 10.2 Å². The van der Waals surface area contributed by atoms with Crippen molar-refractivity contribution < 1.29 is 9.18 Å². The Labute approximate surface area is 163 Å². The Kier molecular flexibility index (Phi) is 6.41. The molecule has 0 bridgehead atoms. The summed E-state index contributed by atoms with van der Waals surface area (Å²) in [4.78, 5) is 35.6. The molecule has 1 fully saturated rings. The summed E-state index contributed by atoms with van der Waals surface area (Å²) in [6.07, 6.45) is 1.34. The Morgan fingerprint density at radius 1 is 1.21 bits per heavy atom. The van der Waals surface area contributed by atoms with Crippen molar-refractivity contribution in [2.24, 2.45) is 5.92 Å². The van der Waals surface area contributed by atoms with Crippen molar-refractivity contribution >= 4 is 11.9 Å². The summed E-state index contributed by atoms with van der Waals surface area (Å²) in [6, 6.07) is 6.53. The van der Waals surface area contributed by atoms with E-state index in [1.54, 1.807) is 12.1 Å². The van der Waals surface area contributed by atoms with Crippen LogP contribution in [0.1, 0.15) is 29.8 Å². The fraction of sp³-hybridized carbons (Fsp3) is 0.450. The summed E-state index contributed by atoms with van der Waals surface area (Å²) in [6.45, 7) is 8.27. The molecule has 3 rings (SSSR count). The van der Waals surface area contributed by atoms with Gasteiger partial charge in [-0.15, -0.1) is 0 Å². The van der Waals surface area contributed by atoms with Gasteiger partial charge >= 0.3 is 0 Å². The average molecular weight is 387 g/mol. The number of hydrogen-bond acceptors (Lipinski definition) is 5. The third kappa shape index (κ3) is 5.16. The molecule has 1 aliphatic rings. The van der Waals surface area contributed by atoms with Crippen molar-refractivity contribution in [3.63, 3.8) is 0 Å². The molecule has 0 aliphatic carbocycles. The van der Waals surface area contributed by atoms with E-state index in [1.165, 1.54) is 18.3 Å². The molecule has 2 aromatic rings. The maximum absolute atomic E-state index is 13.0. The number of aromatic nitrogens is 2. The highest BCUT2D eigenvalue weighted by molar-refractivity contribution is 5.93. The Morgan fingerprint density at radius 3 is 2.50 bits per heavy atom. The van der Waals surface area contributed by atoms with Crippen LogP contribution in [-0.4, -0.2) is 53.5 Å². The molecular weight excluding hydrogens is 361 g/mol. The molecule has 1 aromatic heterocycles. The van der Waals surface area contributed by atoms with E-state index < -0.39 is 11.5 Å². The quantitative estimate of drug-likeness (QED) is 0.787. The van der Waals surface area contributed by atoms with E-state index in [0.717, 1.165) is 25.2 Å². The van der Waals surface area contributed by atoms with Crippen LogP contribution in [0.15, 0.2) is 35.3 Å². The van der Waals surface area contributed by atoms with Gasteiger partial charge in [-0.05, 0) is 23.6 Å². The van der Waals surface area contributed by atoms with Gasteiger partial charge in [0.05, 0.1) is 0 Å². The van der Waals surface area contributed by atoms with E-state index in [1.807, 2.05) is 18.7 Å². The van der Waals surface area contributed by atoms with E-state index >= 15 is 0 Å². The topological polar surface area (TPSA) is 81.3 Å². The minimum absolute atomic E-state index is 0.0272. The summed E-state index contributed by atoms with van der Waals surface area (Å²) in [5.74, 6) is 0.149. The number of nitrogens with one attached hydrogen (secondary N) is 2. The lowest BCUT2D eigenvalue weighted by molar-refractivity contribution is 0.0947. The molecule has 1 amide bonds.